The van der Waals surface area contributed by atoms with E-state index in [0.29, 0.717) is 39.0 Å². The van der Waals surface area contributed by atoms with Crippen LogP contribution in [0.25, 0.3) is 6.08 Å². The number of ether oxygens (including phenoxy) is 3. The first kappa shape index (κ1) is 23.8. The van der Waals surface area contributed by atoms with E-state index in [0.717, 1.165) is 5.69 Å². The second-order valence-corrected chi connectivity index (χ2v) is 8.34. The van der Waals surface area contributed by atoms with Crippen molar-refractivity contribution in [1.82, 2.24) is 4.90 Å². The van der Waals surface area contributed by atoms with Gasteiger partial charge in [-0.05, 0) is 47.7 Å². The Labute approximate surface area is 198 Å². The van der Waals surface area contributed by atoms with Crippen molar-refractivity contribution in [2.75, 3.05) is 34.0 Å². The fourth-order valence-electron chi connectivity index (χ4n) is 2.80. The molecule has 1 heterocycles. The number of carbonyl (C=O) groups is 2. The van der Waals surface area contributed by atoms with Gasteiger partial charge < -0.3 is 24.1 Å². The van der Waals surface area contributed by atoms with Crippen molar-refractivity contribution in [1.29, 1.82) is 0 Å². The van der Waals surface area contributed by atoms with Gasteiger partial charge in [0.15, 0.2) is 16.7 Å². The van der Waals surface area contributed by atoms with Gasteiger partial charge in [-0.2, -0.15) is 0 Å². The van der Waals surface area contributed by atoms with Crippen molar-refractivity contribution in [2.24, 2.45) is 4.99 Å². The number of nitrogens with zero attached hydrogens (tertiary/aromatic N) is 2. The summed E-state index contributed by atoms with van der Waals surface area (Å²) < 4.78 is 16.3. The highest BCUT2D eigenvalue weighted by molar-refractivity contribution is 9.10. The van der Waals surface area contributed by atoms with E-state index in [1.807, 2.05) is 30.3 Å². The van der Waals surface area contributed by atoms with Gasteiger partial charge in [0.05, 0.1) is 36.8 Å². The topological polar surface area (TPSA) is 100 Å². The van der Waals surface area contributed by atoms with Crippen LogP contribution in [0, 0.1) is 0 Å². The van der Waals surface area contributed by atoms with Crippen molar-refractivity contribution >= 4 is 56.5 Å². The van der Waals surface area contributed by atoms with Crippen molar-refractivity contribution in [2.45, 2.75) is 0 Å². The molecule has 0 spiro atoms. The highest BCUT2D eigenvalue weighted by Crippen LogP contribution is 2.38. The van der Waals surface area contributed by atoms with Gasteiger partial charge in [-0.1, -0.05) is 34.1 Å². The normalized spacial score (nSPS) is 16.1. The molecule has 0 aromatic heterocycles. The van der Waals surface area contributed by atoms with Crippen LogP contribution in [0.2, 0.25) is 0 Å². The number of halogens is 1. The van der Waals surface area contributed by atoms with E-state index in [1.165, 1.54) is 18.9 Å². The van der Waals surface area contributed by atoms with Gasteiger partial charge in [0.1, 0.15) is 6.61 Å². The molecule has 10 heteroatoms. The van der Waals surface area contributed by atoms with Gasteiger partial charge >= 0.3 is 0 Å². The smallest absolute Gasteiger partial charge is 0.266 e. The molecule has 0 bridgehead atoms. The van der Waals surface area contributed by atoms with Crippen LogP contribution in [0.3, 0.4) is 0 Å². The molecule has 3 rings (SSSR count). The van der Waals surface area contributed by atoms with Crippen LogP contribution in [-0.4, -0.2) is 55.9 Å². The Morgan fingerprint density at radius 1 is 1.22 bits per heavy atom. The summed E-state index contributed by atoms with van der Waals surface area (Å²) in [6, 6.07) is 12.6. The lowest BCUT2D eigenvalue weighted by Crippen LogP contribution is -2.32. The van der Waals surface area contributed by atoms with E-state index in [1.54, 1.807) is 30.2 Å². The molecule has 0 unspecified atom stereocenters. The van der Waals surface area contributed by atoms with Gasteiger partial charge in [-0.15, -0.1) is 0 Å². The van der Waals surface area contributed by atoms with Crippen LogP contribution >= 0.6 is 27.7 Å². The second-order valence-electron chi connectivity index (χ2n) is 6.48. The Kier molecular flexibility index (Phi) is 8.32. The van der Waals surface area contributed by atoms with E-state index in [9.17, 15) is 14.7 Å². The monoisotopic (exact) mass is 519 g/mol. The van der Waals surface area contributed by atoms with E-state index in [2.05, 4.69) is 20.9 Å². The number of para-hydroxylation sites is 1. The average Bonchev–Trinajstić information content (AvgIpc) is 3.06. The standard InChI is InChI=1S/C22H21BrN2O6S/c1-29-9-8-25-21(28)19(32-22(25)24-15-6-4-3-5-7-15)11-14-10-17(30-2)18(12-16(14)23)31-13-20(26)27/h3-7,10-12H,8-9,13H2,1-2H3,(H,26,27)/p-1/b19-11-,24-22?. The number of aliphatic imine (C=N–C) groups is 1. The molecule has 1 amide bonds. The number of carboxylic acids is 1. The maximum absolute atomic E-state index is 13.1. The molecule has 32 heavy (non-hydrogen) atoms. The van der Waals surface area contributed by atoms with Crippen LogP contribution in [0.15, 0.2) is 56.8 Å². The van der Waals surface area contributed by atoms with Gasteiger partial charge in [-0.3, -0.25) is 9.69 Å². The van der Waals surface area contributed by atoms with Gasteiger partial charge in [0.2, 0.25) is 0 Å². The minimum Gasteiger partial charge on any atom is -0.546 e. The Morgan fingerprint density at radius 2 is 1.97 bits per heavy atom. The number of benzene rings is 2. The summed E-state index contributed by atoms with van der Waals surface area (Å²) in [4.78, 5) is 30.4. The first-order chi connectivity index (χ1) is 15.4. The lowest BCUT2D eigenvalue weighted by molar-refractivity contribution is -0.307. The molecule has 1 aliphatic heterocycles. The number of amides is 1. The van der Waals surface area contributed by atoms with E-state index in [-0.39, 0.29) is 11.7 Å². The van der Waals surface area contributed by atoms with E-state index >= 15 is 0 Å². The van der Waals surface area contributed by atoms with Crippen LogP contribution in [0.1, 0.15) is 5.56 Å². The van der Waals surface area contributed by atoms with E-state index < -0.39 is 12.6 Å². The van der Waals surface area contributed by atoms with Crippen LogP contribution in [-0.2, 0) is 14.3 Å². The summed E-state index contributed by atoms with van der Waals surface area (Å²) in [5, 5.41) is 11.3. The lowest BCUT2D eigenvalue weighted by atomic mass is 10.2. The minimum absolute atomic E-state index is 0.190. The van der Waals surface area contributed by atoms with Crippen molar-refractivity contribution in [3.63, 3.8) is 0 Å². The summed E-state index contributed by atoms with van der Waals surface area (Å²) in [5.74, 6) is -0.969. The molecule has 1 aliphatic rings. The Balaban J connectivity index is 1.94. The molecule has 2 aromatic carbocycles. The zero-order valence-corrected chi connectivity index (χ0v) is 19.8. The minimum atomic E-state index is -1.34. The number of aliphatic carboxylic acids is 1. The summed E-state index contributed by atoms with van der Waals surface area (Å²) in [5.41, 5.74) is 1.40. The molecule has 0 N–H and O–H groups in total. The molecule has 0 radical (unpaired) electrons. The molecule has 0 atom stereocenters. The zero-order valence-electron chi connectivity index (χ0n) is 17.4. The number of hydrogen-bond donors (Lipinski definition) is 0. The first-order valence-electron chi connectivity index (χ1n) is 9.47. The van der Waals surface area contributed by atoms with E-state index in [4.69, 9.17) is 14.2 Å². The van der Waals surface area contributed by atoms with Gasteiger partial charge in [0, 0.05) is 11.6 Å². The number of rotatable bonds is 9. The maximum atomic E-state index is 13.1. The summed E-state index contributed by atoms with van der Waals surface area (Å²) >= 11 is 4.70. The van der Waals surface area contributed by atoms with Crippen LogP contribution in [0.5, 0.6) is 11.5 Å². The number of methoxy groups -OCH3 is 2. The van der Waals surface area contributed by atoms with Crippen molar-refractivity contribution < 1.29 is 28.9 Å². The van der Waals surface area contributed by atoms with Crippen molar-refractivity contribution in [3.05, 3.63) is 57.4 Å². The molecule has 8 nitrogen and oxygen atoms in total. The molecule has 1 fully saturated rings. The third kappa shape index (κ3) is 5.90. The van der Waals surface area contributed by atoms with Gasteiger partial charge in [-0.25, -0.2) is 4.99 Å². The summed E-state index contributed by atoms with van der Waals surface area (Å²) in [6.07, 6.45) is 1.72. The predicted octanol–water partition coefficient (Wildman–Crippen LogP) is 2.84. The number of hydrogen-bond acceptors (Lipinski definition) is 8. The number of amidine groups is 1. The molecule has 1 saturated heterocycles. The lowest BCUT2D eigenvalue weighted by Gasteiger charge is -2.14. The third-order valence-electron chi connectivity index (χ3n) is 4.30. The molecular weight excluding hydrogens is 500 g/mol. The van der Waals surface area contributed by atoms with Crippen LogP contribution < -0.4 is 14.6 Å². The quantitative estimate of drug-likeness (QED) is 0.469. The molecule has 0 saturated carbocycles. The summed E-state index contributed by atoms with van der Waals surface area (Å²) in [7, 11) is 3.02. The highest BCUT2D eigenvalue weighted by Gasteiger charge is 2.33. The molecule has 168 valence electrons. The number of thioether (sulfide) groups is 1. The second kappa shape index (κ2) is 11.2. The molecule has 0 aliphatic carbocycles. The SMILES string of the molecule is COCCN1C(=O)/C(=C/c2cc(OC)c(OCC(=O)[O-])cc2Br)SC1=Nc1ccccc1. The Bertz CT molecular complexity index is 1060. The Hall–Kier alpha value is -2.82. The fourth-order valence-corrected chi connectivity index (χ4v) is 4.25. The van der Waals surface area contributed by atoms with Crippen molar-refractivity contribution in [3.8, 4) is 11.5 Å². The number of carbonyl (C=O) groups excluding carboxylic acids is 2. The fraction of sp³-hybridized carbons (Fsp3) is 0.227. The third-order valence-corrected chi connectivity index (χ3v) is 6.00. The highest BCUT2D eigenvalue weighted by atomic mass is 79.9. The Morgan fingerprint density at radius 3 is 2.62 bits per heavy atom. The predicted molar refractivity (Wildman–Crippen MR) is 124 cm³/mol. The molecular formula is C22H20BrN2O6S-. The van der Waals surface area contributed by atoms with Crippen LogP contribution in [0.4, 0.5) is 5.69 Å². The zero-order chi connectivity index (χ0) is 23.1. The average molecular weight is 520 g/mol. The largest absolute Gasteiger partial charge is 0.546 e. The molecule has 2 aromatic rings. The van der Waals surface area contributed by atoms with Gasteiger partial charge in [0.25, 0.3) is 5.91 Å². The number of carboxylic acid groups (broad SMARTS) is 1. The maximum Gasteiger partial charge on any atom is 0.266 e. The summed E-state index contributed by atoms with van der Waals surface area (Å²) in [6.45, 7) is 0.132. The first-order valence-corrected chi connectivity index (χ1v) is 11.1.